The molecule has 3 heteroatoms. The summed E-state index contributed by atoms with van der Waals surface area (Å²) >= 11 is 0. The first kappa shape index (κ1) is 12.3. The van der Waals surface area contributed by atoms with Crippen LogP contribution in [0.1, 0.15) is 57.8 Å². The fourth-order valence-electron chi connectivity index (χ4n) is 4.33. The molecule has 0 unspecified atom stereocenters. The second-order valence-corrected chi connectivity index (χ2v) is 6.62. The van der Waals surface area contributed by atoms with E-state index < -0.39 is 0 Å². The van der Waals surface area contributed by atoms with E-state index in [-0.39, 0.29) is 6.03 Å². The van der Waals surface area contributed by atoms with Crippen LogP contribution in [0.2, 0.25) is 0 Å². The van der Waals surface area contributed by atoms with Gasteiger partial charge in [0, 0.05) is 12.6 Å². The minimum absolute atomic E-state index is 0.0738. The van der Waals surface area contributed by atoms with E-state index in [0.29, 0.717) is 6.04 Å². The van der Waals surface area contributed by atoms with Crippen molar-refractivity contribution in [2.75, 3.05) is 6.54 Å². The molecule has 0 heterocycles. The van der Waals surface area contributed by atoms with Crippen molar-refractivity contribution < 1.29 is 4.79 Å². The zero-order valence-electron chi connectivity index (χ0n) is 11.3. The number of hydrogen-bond donors (Lipinski definition) is 2. The van der Waals surface area contributed by atoms with Crippen molar-refractivity contribution in [1.29, 1.82) is 0 Å². The average molecular weight is 250 g/mol. The first-order valence-electron chi connectivity index (χ1n) is 7.85. The summed E-state index contributed by atoms with van der Waals surface area (Å²) in [6.45, 7) is 0.902. The molecular weight excluding hydrogens is 224 g/mol. The van der Waals surface area contributed by atoms with Crippen LogP contribution in [0.3, 0.4) is 0 Å². The third kappa shape index (κ3) is 2.81. The van der Waals surface area contributed by atoms with Crippen molar-refractivity contribution >= 4 is 6.03 Å². The van der Waals surface area contributed by atoms with E-state index >= 15 is 0 Å². The van der Waals surface area contributed by atoms with Gasteiger partial charge in [-0.05, 0) is 49.9 Å². The van der Waals surface area contributed by atoms with Crippen molar-refractivity contribution in [1.82, 2.24) is 10.6 Å². The fraction of sp³-hybridized carbons (Fsp3) is 0.933. The molecule has 0 saturated heterocycles. The standard InChI is InChI=1S/C15H26N2O/c18-15(17-14-4-2-1-3-5-14)16-10-13-9-11-6-7-12(13)8-11/h11-14H,1-10H2,(H2,16,17,18)/t11-,12-,13+/m0/s1. The first-order chi connectivity index (χ1) is 8.81. The second-order valence-electron chi connectivity index (χ2n) is 6.62. The summed E-state index contributed by atoms with van der Waals surface area (Å²) in [4.78, 5) is 11.9. The zero-order chi connectivity index (χ0) is 12.4. The number of carbonyl (C=O) groups excluding carboxylic acids is 1. The van der Waals surface area contributed by atoms with Gasteiger partial charge < -0.3 is 10.6 Å². The summed E-state index contributed by atoms with van der Waals surface area (Å²) in [5, 5.41) is 6.24. The molecule has 3 atom stereocenters. The Morgan fingerprint density at radius 2 is 1.83 bits per heavy atom. The van der Waals surface area contributed by atoms with Crippen LogP contribution in [-0.2, 0) is 0 Å². The largest absolute Gasteiger partial charge is 0.338 e. The molecule has 2 amide bonds. The molecule has 0 aromatic heterocycles. The molecular formula is C15H26N2O. The number of carbonyl (C=O) groups is 1. The number of rotatable bonds is 3. The molecule has 18 heavy (non-hydrogen) atoms. The molecule has 2 N–H and O–H groups in total. The van der Waals surface area contributed by atoms with Gasteiger partial charge in [-0.1, -0.05) is 25.7 Å². The van der Waals surface area contributed by atoms with E-state index in [2.05, 4.69) is 10.6 Å². The monoisotopic (exact) mass is 250 g/mol. The van der Waals surface area contributed by atoms with Crippen molar-refractivity contribution in [3.63, 3.8) is 0 Å². The number of amides is 2. The van der Waals surface area contributed by atoms with Crippen LogP contribution in [0.4, 0.5) is 4.79 Å². The highest BCUT2D eigenvalue weighted by molar-refractivity contribution is 5.74. The van der Waals surface area contributed by atoms with Gasteiger partial charge in [-0.2, -0.15) is 0 Å². The third-order valence-electron chi connectivity index (χ3n) is 5.35. The maximum Gasteiger partial charge on any atom is 0.315 e. The minimum atomic E-state index is 0.0738. The molecule has 0 spiro atoms. The van der Waals surface area contributed by atoms with Crippen LogP contribution in [0.25, 0.3) is 0 Å². The van der Waals surface area contributed by atoms with E-state index in [1.54, 1.807) is 0 Å². The van der Waals surface area contributed by atoms with Crippen LogP contribution < -0.4 is 10.6 Å². The Hall–Kier alpha value is -0.730. The summed E-state index contributed by atoms with van der Waals surface area (Å²) in [5.41, 5.74) is 0. The number of urea groups is 1. The number of fused-ring (bicyclic) bond motifs is 2. The SMILES string of the molecule is O=C(NC[C@H]1C[C@H]2CC[C@H]1C2)NC1CCCCC1. The van der Waals surface area contributed by atoms with E-state index in [1.807, 2.05) is 0 Å². The zero-order valence-corrected chi connectivity index (χ0v) is 11.3. The Morgan fingerprint density at radius 3 is 2.50 bits per heavy atom. The number of hydrogen-bond acceptors (Lipinski definition) is 1. The Balaban J connectivity index is 1.36. The molecule has 2 bridgehead atoms. The van der Waals surface area contributed by atoms with Gasteiger partial charge in [-0.25, -0.2) is 4.79 Å². The molecule has 102 valence electrons. The van der Waals surface area contributed by atoms with Crippen LogP contribution in [0.15, 0.2) is 0 Å². The van der Waals surface area contributed by atoms with Crippen molar-refractivity contribution in [2.45, 2.75) is 63.8 Å². The Labute approximate surface area is 110 Å². The van der Waals surface area contributed by atoms with E-state index in [4.69, 9.17) is 0 Å². The molecule has 0 aromatic carbocycles. The predicted octanol–water partition coefficient (Wildman–Crippen LogP) is 3.05. The summed E-state index contributed by atoms with van der Waals surface area (Å²) in [6.07, 6.45) is 11.9. The molecule has 3 aliphatic rings. The van der Waals surface area contributed by atoms with Gasteiger partial charge in [0.2, 0.25) is 0 Å². The lowest BCUT2D eigenvalue weighted by Crippen LogP contribution is -2.44. The Bertz CT molecular complexity index is 299. The van der Waals surface area contributed by atoms with Gasteiger partial charge in [-0.15, -0.1) is 0 Å². The highest BCUT2D eigenvalue weighted by Crippen LogP contribution is 2.47. The van der Waals surface area contributed by atoms with Gasteiger partial charge in [0.25, 0.3) is 0 Å². The van der Waals surface area contributed by atoms with Crippen LogP contribution >= 0.6 is 0 Å². The smallest absolute Gasteiger partial charge is 0.315 e. The first-order valence-corrected chi connectivity index (χ1v) is 7.85. The minimum Gasteiger partial charge on any atom is -0.338 e. The lowest BCUT2D eigenvalue weighted by molar-refractivity contribution is 0.227. The van der Waals surface area contributed by atoms with Crippen molar-refractivity contribution in [3.05, 3.63) is 0 Å². The number of nitrogens with one attached hydrogen (secondary N) is 2. The lowest BCUT2D eigenvalue weighted by atomic mass is 9.89. The predicted molar refractivity (Wildman–Crippen MR) is 72.3 cm³/mol. The average Bonchev–Trinajstić information content (AvgIpc) is 3.00. The molecule has 0 radical (unpaired) electrons. The maximum absolute atomic E-state index is 11.9. The molecule has 3 nitrogen and oxygen atoms in total. The van der Waals surface area contributed by atoms with Crippen LogP contribution in [-0.4, -0.2) is 18.6 Å². The highest BCUT2D eigenvalue weighted by atomic mass is 16.2. The van der Waals surface area contributed by atoms with E-state index in [0.717, 1.165) is 24.3 Å². The van der Waals surface area contributed by atoms with Crippen LogP contribution in [0.5, 0.6) is 0 Å². The summed E-state index contributed by atoms with van der Waals surface area (Å²) in [7, 11) is 0. The Morgan fingerprint density at radius 1 is 1.00 bits per heavy atom. The molecule has 0 aromatic rings. The topological polar surface area (TPSA) is 41.1 Å². The quantitative estimate of drug-likeness (QED) is 0.794. The van der Waals surface area contributed by atoms with Gasteiger partial charge in [0.05, 0.1) is 0 Å². The third-order valence-corrected chi connectivity index (χ3v) is 5.35. The maximum atomic E-state index is 11.9. The summed E-state index contributed by atoms with van der Waals surface area (Å²) < 4.78 is 0. The van der Waals surface area contributed by atoms with Gasteiger partial charge in [-0.3, -0.25) is 0 Å². The van der Waals surface area contributed by atoms with E-state index in [1.165, 1.54) is 57.8 Å². The van der Waals surface area contributed by atoms with Gasteiger partial charge in [0.1, 0.15) is 0 Å². The van der Waals surface area contributed by atoms with Crippen molar-refractivity contribution in [3.8, 4) is 0 Å². The fourth-order valence-corrected chi connectivity index (χ4v) is 4.33. The lowest BCUT2D eigenvalue weighted by Gasteiger charge is -2.25. The van der Waals surface area contributed by atoms with Crippen molar-refractivity contribution in [2.24, 2.45) is 17.8 Å². The van der Waals surface area contributed by atoms with Crippen LogP contribution in [0, 0.1) is 17.8 Å². The molecule has 3 fully saturated rings. The summed E-state index contributed by atoms with van der Waals surface area (Å²) in [6, 6.07) is 0.503. The molecule has 3 rings (SSSR count). The molecule has 3 aliphatic carbocycles. The second kappa shape index (κ2) is 5.50. The molecule has 0 aliphatic heterocycles. The molecule has 3 saturated carbocycles. The van der Waals surface area contributed by atoms with E-state index in [9.17, 15) is 4.79 Å². The summed E-state index contributed by atoms with van der Waals surface area (Å²) in [5.74, 6) is 2.65. The normalized spacial score (nSPS) is 35.7. The van der Waals surface area contributed by atoms with Gasteiger partial charge in [0.15, 0.2) is 0 Å². The highest BCUT2D eigenvalue weighted by Gasteiger charge is 2.39. The Kier molecular flexibility index (Phi) is 3.76. The van der Waals surface area contributed by atoms with Gasteiger partial charge >= 0.3 is 6.03 Å².